The summed E-state index contributed by atoms with van der Waals surface area (Å²) in [7, 11) is 0. The van der Waals surface area contributed by atoms with E-state index in [9.17, 15) is 22.4 Å². The van der Waals surface area contributed by atoms with E-state index in [-0.39, 0.29) is 18.7 Å². The lowest BCUT2D eigenvalue weighted by Gasteiger charge is -2.14. The van der Waals surface area contributed by atoms with Gasteiger partial charge in [-0.1, -0.05) is 18.2 Å². The van der Waals surface area contributed by atoms with Crippen LogP contribution in [-0.4, -0.2) is 12.3 Å². The Labute approximate surface area is 146 Å². The first kappa shape index (κ1) is 19.1. The lowest BCUT2D eigenvalue weighted by Crippen LogP contribution is -2.35. The van der Waals surface area contributed by atoms with Gasteiger partial charge >= 0.3 is 12.2 Å². The van der Waals surface area contributed by atoms with Gasteiger partial charge in [0.2, 0.25) is 0 Å². The second kappa shape index (κ2) is 8.24. The van der Waals surface area contributed by atoms with Gasteiger partial charge in [0.1, 0.15) is 5.82 Å². The summed E-state index contributed by atoms with van der Waals surface area (Å²) in [5, 5.41) is 4.91. The maximum atomic E-state index is 13.0. The molecule has 0 bridgehead atoms. The van der Waals surface area contributed by atoms with Crippen molar-refractivity contribution in [3.8, 4) is 0 Å². The molecule has 0 saturated carbocycles. The van der Waals surface area contributed by atoms with Gasteiger partial charge in [-0.05, 0) is 41.6 Å². The molecule has 0 atom stereocenters. The molecule has 134 valence electrons. The number of thioether (sulfide) groups is 1. The predicted molar refractivity (Wildman–Crippen MR) is 88.7 cm³/mol. The second-order valence-electron chi connectivity index (χ2n) is 5.18. The summed E-state index contributed by atoms with van der Waals surface area (Å²) in [6.07, 6.45) is -2.74. The zero-order valence-corrected chi connectivity index (χ0v) is 14.1. The Morgan fingerprint density at radius 3 is 2.28 bits per heavy atom. The highest BCUT2D eigenvalue weighted by molar-refractivity contribution is 7.98. The van der Waals surface area contributed by atoms with Crippen LogP contribution >= 0.6 is 11.8 Å². The minimum atomic E-state index is -4.69. The maximum absolute atomic E-state index is 13.0. The molecular formula is C17H16F4N2OS. The Balaban J connectivity index is 1.91. The molecule has 0 aliphatic rings. The average Bonchev–Trinajstić information content (AvgIpc) is 2.58. The molecule has 0 aliphatic heterocycles. The van der Waals surface area contributed by atoms with E-state index in [0.29, 0.717) is 6.07 Å². The Hall–Kier alpha value is -2.22. The first-order valence-corrected chi connectivity index (χ1v) is 8.52. The highest BCUT2D eigenvalue weighted by Gasteiger charge is 2.33. The molecule has 0 saturated heterocycles. The van der Waals surface area contributed by atoms with Gasteiger partial charge in [-0.2, -0.15) is 13.2 Å². The molecule has 0 fully saturated rings. The van der Waals surface area contributed by atoms with E-state index in [1.54, 1.807) is 11.8 Å². The van der Waals surface area contributed by atoms with E-state index in [4.69, 9.17) is 0 Å². The Bertz CT molecular complexity index is 732. The summed E-state index contributed by atoms with van der Waals surface area (Å²) < 4.78 is 51.7. The highest BCUT2D eigenvalue weighted by atomic mass is 32.2. The van der Waals surface area contributed by atoms with E-state index in [0.717, 1.165) is 22.6 Å². The number of nitrogens with one attached hydrogen (secondary N) is 2. The van der Waals surface area contributed by atoms with Crippen molar-refractivity contribution in [1.82, 2.24) is 10.6 Å². The monoisotopic (exact) mass is 372 g/mol. The summed E-state index contributed by atoms with van der Waals surface area (Å²) in [6.45, 7) is -0.109. The van der Waals surface area contributed by atoms with Gasteiger partial charge in [-0.15, -0.1) is 11.8 Å². The van der Waals surface area contributed by atoms with Crippen molar-refractivity contribution < 1.29 is 22.4 Å². The molecule has 0 radical (unpaired) electrons. The number of amides is 2. The zero-order chi connectivity index (χ0) is 18.4. The minimum Gasteiger partial charge on any atom is -0.334 e. The van der Waals surface area contributed by atoms with Crippen LogP contribution < -0.4 is 10.6 Å². The van der Waals surface area contributed by atoms with Crippen LogP contribution in [0.3, 0.4) is 0 Å². The summed E-state index contributed by atoms with van der Waals surface area (Å²) in [5.74, 6) is -0.978. The molecule has 2 aromatic carbocycles. The van der Waals surface area contributed by atoms with Crippen molar-refractivity contribution in [1.29, 1.82) is 0 Å². The number of carbonyl (C=O) groups excluding carboxylic acids is 1. The summed E-state index contributed by atoms with van der Waals surface area (Å²) in [5.41, 5.74) is -0.431. The number of alkyl halides is 3. The fourth-order valence-electron chi connectivity index (χ4n) is 2.13. The van der Waals surface area contributed by atoms with Crippen molar-refractivity contribution in [2.75, 3.05) is 6.26 Å². The Kier molecular flexibility index (Phi) is 6.30. The highest BCUT2D eigenvalue weighted by Crippen LogP contribution is 2.32. The Morgan fingerprint density at radius 2 is 1.68 bits per heavy atom. The van der Waals surface area contributed by atoms with Crippen molar-refractivity contribution in [2.24, 2.45) is 0 Å². The first-order chi connectivity index (χ1) is 11.8. The van der Waals surface area contributed by atoms with E-state index in [1.807, 2.05) is 30.5 Å². The molecule has 0 heterocycles. The van der Waals surface area contributed by atoms with Gasteiger partial charge in [0.25, 0.3) is 0 Å². The predicted octanol–water partition coefficient (Wildman–Crippen LogP) is 4.57. The number of benzene rings is 2. The molecule has 2 aromatic rings. The summed E-state index contributed by atoms with van der Waals surface area (Å²) >= 11 is 1.59. The number of halogens is 4. The van der Waals surface area contributed by atoms with Crippen LogP contribution in [0.4, 0.5) is 22.4 Å². The molecule has 3 nitrogen and oxygen atoms in total. The van der Waals surface area contributed by atoms with E-state index >= 15 is 0 Å². The number of rotatable bonds is 5. The maximum Gasteiger partial charge on any atom is 0.416 e. The third-order valence-corrected chi connectivity index (χ3v) is 4.17. The summed E-state index contributed by atoms with van der Waals surface area (Å²) in [6, 6.07) is 9.29. The van der Waals surface area contributed by atoms with Crippen molar-refractivity contribution >= 4 is 17.8 Å². The Morgan fingerprint density at radius 1 is 1.04 bits per heavy atom. The molecule has 8 heteroatoms. The average molecular weight is 372 g/mol. The van der Waals surface area contributed by atoms with E-state index in [2.05, 4.69) is 10.6 Å². The molecule has 0 aliphatic carbocycles. The summed E-state index contributed by atoms with van der Waals surface area (Å²) in [4.78, 5) is 12.8. The van der Waals surface area contributed by atoms with Crippen LogP contribution in [0, 0.1) is 5.82 Å². The molecule has 2 rings (SSSR count). The minimum absolute atomic E-state index is 0.201. The SMILES string of the molecule is CSc1ccc(CNC(=O)NCc2ccc(F)cc2C(F)(F)F)cc1. The van der Waals surface area contributed by atoms with Crippen LogP contribution in [0.25, 0.3) is 0 Å². The van der Waals surface area contributed by atoms with Crippen molar-refractivity contribution in [3.63, 3.8) is 0 Å². The quantitative estimate of drug-likeness (QED) is 0.597. The molecule has 25 heavy (non-hydrogen) atoms. The largest absolute Gasteiger partial charge is 0.416 e. The second-order valence-corrected chi connectivity index (χ2v) is 6.06. The molecular weight excluding hydrogens is 356 g/mol. The van der Waals surface area contributed by atoms with Gasteiger partial charge in [-0.25, -0.2) is 9.18 Å². The molecule has 2 amide bonds. The number of carbonyl (C=O) groups is 1. The molecule has 0 spiro atoms. The van der Waals surface area contributed by atoms with Crippen molar-refractivity contribution in [3.05, 3.63) is 65.0 Å². The van der Waals surface area contributed by atoms with Crippen LogP contribution in [0.5, 0.6) is 0 Å². The van der Waals surface area contributed by atoms with Crippen LogP contribution in [0.2, 0.25) is 0 Å². The molecule has 0 unspecified atom stereocenters. The topological polar surface area (TPSA) is 41.1 Å². The third kappa shape index (κ3) is 5.67. The number of hydrogen-bond acceptors (Lipinski definition) is 2. The zero-order valence-electron chi connectivity index (χ0n) is 13.3. The lowest BCUT2D eigenvalue weighted by molar-refractivity contribution is -0.138. The molecule has 2 N–H and O–H groups in total. The van der Waals surface area contributed by atoms with Crippen LogP contribution in [0.1, 0.15) is 16.7 Å². The fraction of sp³-hybridized carbons (Fsp3) is 0.235. The standard InChI is InChI=1S/C17H16F4N2OS/c1-25-14-6-2-11(3-7-14)9-22-16(24)23-10-12-4-5-13(18)8-15(12)17(19,20)21/h2-8H,9-10H2,1H3,(H2,22,23,24). The van der Waals surface area contributed by atoms with Gasteiger partial charge in [0.05, 0.1) is 5.56 Å². The number of hydrogen-bond donors (Lipinski definition) is 2. The van der Waals surface area contributed by atoms with E-state index in [1.165, 1.54) is 0 Å². The van der Waals surface area contributed by atoms with E-state index < -0.39 is 23.6 Å². The lowest BCUT2D eigenvalue weighted by atomic mass is 10.1. The first-order valence-electron chi connectivity index (χ1n) is 7.30. The van der Waals surface area contributed by atoms with Crippen LogP contribution in [0.15, 0.2) is 47.4 Å². The smallest absolute Gasteiger partial charge is 0.334 e. The fourth-order valence-corrected chi connectivity index (χ4v) is 2.54. The van der Waals surface area contributed by atoms with Gasteiger partial charge in [0, 0.05) is 18.0 Å². The normalized spacial score (nSPS) is 11.2. The third-order valence-electron chi connectivity index (χ3n) is 3.43. The van der Waals surface area contributed by atoms with Gasteiger partial charge < -0.3 is 10.6 Å². The van der Waals surface area contributed by atoms with Crippen molar-refractivity contribution in [2.45, 2.75) is 24.2 Å². The van der Waals surface area contributed by atoms with Gasteiger partial charge in [0.15, 0.2) is 0 Å². The van der Waals surface area contributed by atoms with Gasteiger partial charge in [-0.3, -0.25) is 0 Å². The molecule has 0 aromatic heterocycles. The van der Waals surface area contributed by atoms with Crippen LogP contribution in [-0.2, 0) is 19.3 Å². The number of urea groups is 1.